The van der Waals surface area contributed by atoms with Crippen molar-refractivity contribution in [3.63, 3.8) is 0 Å². The van der Waals surface area contributed by atoms with Crippen molar-refractivity contribution in [1.29, 1.82) is 0 Å². The van der Waals surface area contributed by atoms with Crippen LogP contribution in [0.15, 0.2) is 40.6 Å². The molecule has 3 rings (SSSR count). The number of anilines is 1. The van der Waals surface area contributed by atoms with Crippen molar-refractivity contribution >= 4 is 44.6 Å². The quantitative estimate of drug-likeness (QED) is 0.894. The Kier molecular flexibility index (Phi) is 4.41. The highest BCUT2D eigenvalue weighted by Gasteiger charge is 2.36. The molecular formula is C14H12ClFN2O3S2. The molecule has 0 radical (unpaired) electrons. The summed E-state index contributed by atoms with van der Waals surface area (Å²) in [6.45, 7) is 0.364. The van der Waals surface area contributed by atoms with E-state index in [9.17, 15) is 17.6 Å². The number of hydrogen-bond donors (Lipinski definition) is 1. The Hall–Kier alpha value is -1.48. The van der Waals surface area contributed by atoms with Crippen LogP contribution in [0.1, 0.15) is 6.42 Å². The van der Waals surface area contributed by atoms with E-state index in [4.69, 9.17) is 11.6 Å². The lowest BCUT2D eigenvalue weighted by molar-refractivity contribution is -0.118. The molecule has 2 aromatic rings. The zero-order valence-corrected chi connectivity index (χ0v) is 14.1. The summed E-state index contributed by atoms with van der Waals surface area (Å²) in [5, 5.41) is 0. The summed E-state index contributed by atoms with van der Waals surface area (Å²) in [5.74, 6) is -0.755. The summed E-state index contributed by atoms with van der Waals surface area (Å²) in [6, 6.07) is 7.54. The van der Waals surface area contributed by atoms with Gasteiger partial charge in [-0.2, -0.15) is 4.72 Å². The molecule has 5 nitrogen and oxygen atoms in total. The molecule has 1 amide bonds. The third-order valence-electron chi connectivity index (χ3n) is 3.45. The number of rotatable bonds is 4. The largest absolute Gasteiger partial charge is 0.311 e. The van der Waals surface area contributed by atoms with Crippen LogP contribution in [-0.2, 0) is 14.8 Å². The van der Waals surface area contributed by atoms with E-state index < -0.39 is 21.9 Å². The van der Waals surface area contributed by atoms with E-state index in [1.165, 1.54) is 41.3 Å². The molecule has 1 aliphatic rings. The molecule has 0 bridgehead atoms. The van der Waals surface area contributed by atoms with Gasteiger partial charge in [0.1, 0.15) is 16.1 Å². The number of nitrogens with one attached hydrogen (secondary N) is 1. The smallest absolute Gasteiger partial charge is 0.250 e. The second kappa shape index (κ2) is 6.20. The molecule has 1 aliphatic heterocycles. The fourth-order valence-electron chi connectivity index (χ4n) is 2.35. The lowest BCUT2D eigenvalue weighted by Crippen LogP contribution is -2.41. The molecule has 23 heavy (non-hydrogen) atoms. The summed E-state index contributed by atoms with van der Waals surface area (Å²) in [4.78, 5) is 13.8. The maximum atomic E-state index is 13.0. The van der Waals surface area contributed by atoms with Gasteiger partial charge in [0.2, 0.25) is 5.91 Å². The van der Waals surface area contributed by atoms with Crippen LogP contribution in [0.5, 0.6) is 0 Å². The third-order valence-corrected chi connectivity index (χ3v) is 6.65. The van der Waals surface area contributed by atoms with E-state index in [0.717, 1.165) is 11.3 Å². The van der Waals surface area contributed by atoms with Crippen LogP contribution >= 0.6 is 22.9 Å². The second-order valence-corrected chi connectivity index (χ2v) is 8.64. The fourth-order valence-corrected chi connectivity index (χ4v) is 5.08. The molecule has 0 unspecified atom stereocenters. The first-order valence-corrected chi connectivity index (χ1v) is 9.39. The molecule has 0 spiro atoms. The lowest BCUT2D eigenvalue weighted by atomic mass is 10.3. The van der Waals surface area contributed by atoms with Gasteiger partial charge in [-0.05, 0) is 42.8 Å². The topological polar surface area (TPSA) is 66.5 Å². The van der Waals surface area contributed by atoms with Gasteiger partial charge >= 0.3 is 0 Å². The van der Waals surface area contributed by atoms with Crippen molar-refractivity contribution in [3.8, 4) is 0 Å². The van der Waals surface area contributed by atoms with Crippen LogP contribution in [-0.4, -0.2) is 26.9 Å². The first-order chi connectivity index (χ1) is 10.9. The number of carbonyl (C=O) groups is 1. The molecule has 1 N–H and O–H groups in total. The average molecular weight is 375 g/mol. The Bertz CT molecular complexity index is 836. The minimum atomic E-state index is -3.79. The zero-order chi connectivity index (χ0) is 16.6. The van der Waals surface area contributed by atoms with Crippen LogP contribution in [0, 0.1) is 5.82 Å². The maximum Gasteiger partial charge on any atom is 0.250 e. The van der Waals surface area contributed by atoms with Crippen LogP contribution in [0.4, 0.5) is 10.1 Å². The average Bonchev–Trinajstić information content (AvgIpc) is 3.08. The maximum absolute atomic E-state index is 13.0. The summed E-state index contributed by atoms with van der Waals surface area (Å²) in [5.41, 5.74) is 0.539. The predicted molar refractivity (Wildman–Crippen MR) is 86.8 cm³/mol. The van der Waals surface area contributed by atoms with Crippen molar-refractivity contribution in [3.05, 3.63) is 46.6 Å². The monoisotopic (exact) mass is 374 g/mol. The van der Waals surface area contributed by atoms with E-state index in [0.29, 0.717) is 23.0 Å². The normalized spacial score (nSPS) is 18.6. The number of carbonyl (C=O) groups excluding carboxylic acids is 1. The van der Waals surface area contributed by atoms with E-state index >= 15 is 0 Å². The van der Waals surface area contributed by atoms with Crippen LogP contribution in [0.3, 0.4) is 0 Å². The lowest BCUT2D eigenvalue weighted by Gasteiger charge is -2.17. The van der Waals surface area contributed by atoms with Crippen LogP contribution < -0.4 is 9.62 Å². The number of thiophene rings is 1. The van der Waals surface area contributed by atoms with Crippen molar-refractivity contribution in [1.82, 2.24) is 4.72 Å². The fraction of sp³-hybridized carbons (Fsp3) is 0.214. The minimum Gasteiger partial charge on any atom is -0.311 e. The number of sulfonamides is 1. The molecule has 122 valence electrons. The number of benzene rings is 1. The van der Waals surface area contributed by atoms with Gasteiger partial charge in [-0.15, -0.1) is 11.3 Å². The first-order valence-electron chi connectivity index (χ1n) is 6.71. The molecule has 1 aromatic carbocycles. The number of halogens is 2. The van der Waals surface area contributed by atoms with Crippen LogP contribution in [0.2, 0.25) is 4.34 Å². The molecule has 2 heterocycles. The van der Waals surface area contributed by atoms with Gasteiger partial charge < -0.3 is 4.90 Å². The van der Waals surface area contributed by atoms with Gasteiger partial charge in [-0.1, -0.05) is 11.6 Å². The Morgan fingerprint density at radius 1 is 1.22 bits per heavy atom. The Labute approximate surface area is 141 Å². The Morgan fingerprint density at radius 2 is 1.91 bits per heavy atom. The molecule has 1 atom stereocenters. The molecule has 1 aromatic heterocycles. The molecular weight excluding hydrogens is 363 g/mol. The molecule has 1 fully saturated rings. The number of hydrogen-bond acceptors (Lipinski definition) is 4. The first kappa shape index (κ1) is 16.4. The number of nitrogens with zero attached hydrogens (tertiary/aromatic N) is 1. The van der Waals surface area contributed by atoms with Crippen molar-refractivity contribution in [2.45, 2.75) is 16.7 Å². The molecule has 1 saturated heterocycles. The zero-order valence-electron chi connectivity index (χ0n) is 11.7. The van der Waals surface area contributed by atoms with E-state index in [1.54, 1.807) is 0 Å². The Balaban J connectivity index is 1.76. The van der Waals surface area contributed by atoms with Gasteiger partial charge in [-0.3, -0.25) is 4.79 Å². The van der Waals surface area contributed by atoms with Crippen molar-refractivity contribution < 1.29 is 17.6 Å². The van der Waals surface area contributed by atoms with Gasteiger partial charge in [0.15, 0.2) is 0 Å². The highest BCUT2D eigenvalue weighted by atomic mass is 35.5. The van der Waals surface area contributed by atoms with E-state index in [1.807, 2.05) is 0 Å². The van der Waals surface area contributed by atoms with Crippen molar-refractivity contribution in [2.75, 3.05) is 11.4 Å². The molecule has 0 saturated carbocycles. The van der Waals surface area contributed by atoms with Gasteiger partial charge in [-0.25, -0.2) is 12.8 Å². The number of amides is 1. The van der Waals surface area contributed by atoms with E-state index in [-0.39, 0.29) is 10.1 Å². The summed E-state index contributed by atoms with van der Waals surface area (Å²) >= 11 is 6.67. The molecule has 9 heteroatoms. The molecule has 0 aliphatic carbocycles. The van der Waals surface area contributed by atoms with Crippen LogP contribution in [0.25, 0.3) is 0 Å². The third kappa shape index (κ3) is 3.40. The van der Waals surface area contributed by atoms with Gasteiger partial charge in [0.25, 0.3) is 10.0 Å². The highest BCUT2D eigenvalue weighted by Crippen LogP contribution is 2.27. The standard InChI is InChI=1S/C14H12ClFN2O3S2/c15-12-5-6-13(22-12)23(20,21)17-11-7-8-18(14(11)19)10-3-1-9(16)2-4-10/h1-6,11,17H,7-8H2/t11-/m1/s1. The Morgan fingerprint density at radius 3 is 2.52 bits per heavy atom. The van der Waals surface area contributed by atoms with Gasteiger partial charge in [0.05, 0.1) is 4.34 Å². The summed E-state index contributed by atoms with van der Waals surface area (Å²) < 4.78 is 40.3. The summed E-state index contributed by atoms with van der Waals surface area (Å²) in [6.07, 6.45) is 0.342. The highest BCUT2D eigenvalue weighted by molar-refractivity contribution is 7.91. The van der Waals surface area contributed by atoms with Crippen molar-refractivity contribution in [2.24, 2.45) is 0 Å². The van der Waals surface area contributed by atoms with Gasteiger partial charge in [0, 0.05) is 12.2 Å². The minimum absolute atomic E-state index is 0.0653. The summed E-state index contributed by atoms with van der Waals surface area (Å²) in [7, 11) is -3.79. The second-order valence-electron chi connectivity index (χ2n) is 4.99. The predicted octanol–water partition coefficient (Wildman–Crippen LogP) is 2.62. The van der Waals surface area contributed by atoms with E-state index in [2.05, 4.69) is 4.72 Å². The SMILES string of the molecule is O=C1[C@H](NS(=O)(=O)c2ccc(Cl)s2)CCN1c1ccc(F)cc1.